The molecule has 1 fully saturated rings. The summed E-state index contributed by atoms with van der Waals surface area (Å²) >= 11 is 0. The second-order valence-corrected chi connectivity index (χ2v) is 5.51. The van der Waals surface area contributed by atoms with E-state index < -0.39 is 5.97 Å². The number of nitrogens with zero attached hydrogens (tertiary/aromatic N) is 2. The Morgan fingerprint density at radius 3 is 2.73 bits per heavy atom. The number of hydrogen-bond donors (Lipinski definition) is 2. The molecule has 1 saturated heterocycles. The number of carboxylic acid groups (broad SMARTS) is 1. The van der Waals surface area contributed by atoms with Crippen LogP contribution >= 0.6 is 0 Å². The van der Waals surface area contributed by atoms with Gasteiger partial charge < -0.3 is 10.4 Å². The van der Waals surface area contributed by atoms with Crippen LogP contribution in [0.15, 0.2) is 30.5 Å². The SMILES string of the molecule is Cn1cc(-c2ccc(C3CCC(=O)N3)cc2)c(CC(=O)O)n1. The standard InChI is InChI=1S/C16H17N3O3/c1-19-9-12(14(18-19)8-16(21)22)10-2-4-11(5-3-10)13-6-7-15(20)17-13/h2-5,9,13H,6-8H2,1H3,(H,17,20)(H,21,22). The molecular weight excluding hydrogens is 282 g/mol. The van der Waals surface area contributed by atoms with Gasteiger partial charge in [0.2, 0.25) is 5.91 Å². The lowest BCUT2D eigenvalue weighted by atomic mass is 9.99. The zero-order chi connectivity index (χ0) is 15.7. The fourth-order valence-corrected chi connectivity index (χ4v) is 2.81. The molecule has 6 nitrogen and oxygen atoms in total. The Bertz CT molecular complexity index is 719. The topological polar surface area (TPSA) is 84.2 Å². The monoisotopic (exact) mass is 299 g/mol. The lowest BCUT2D eigenvalue weighted by Crippen LogP contribution is -2.18. The number of aliphatic carboxylic acids is 1. The maximum absolute atomic E-state index is 11.3. The van der Waals surface area contributed by atoms with E-state index in [0.717, 1.165) is 23.1 Å². The van der Waals surface area contributed by atoms with E-state index in [0.29, 0.717) is 12.1 Å². The molecule has 2 heterocycles. The number of carbonyl (C=O) groups excluding carboxylic acids is 1. The number of carboxylic acids is 1. The molecule has 2 aromatic rings. The summed E-state index contributed by atoms with van der Waals surface area (Å²) in [5.41, 5.74) is 3.37. The maximum Gasteiger partial charge on any atom is 0.309 e. The average molecular weight is 299 g/mol. The van der Waals surface area contributed by atoms with Crippen molar-refractivity contribution in [2.45, 2.75) is 25.3 Å². The maximum atomic E-state index is 11.3. The number of rotatable bonds is 4. The third kappa shape index (κ3) is 2.86. The van der Waals surface area contributed by atoms with Gasteiger partial charge in [-0.15, -0.1) is 0 Å². The van der Waals surface area contributed by atoms with E-state index in [4.69, 9.17) is 5.11 Å². The first kappa shape index (κ1) is 14.3. The molecule has 1 aliphatic heterocycles. The Kier molecular flexibility index (Phi) is 3.66. The van der Waals surface area contributed by atoms with Crippen molar-refractivity contribution >= 4 is 11.9 Å². The highest BCUT2D eigenvalue weighted by atomic mass is 16.4. The summed E-state index contributed by atoms with van der Waals surface area (Å²) in [4.78, 5) is 22.2. The van der Waals surface area contributed by atoms with E-state index in [2.05, 4.69) is 10.4 Å². The Morgan fingerprint density at radius 1 is 1.41 bits per heavy atom. The summed E-state index contributed by atoms with van der Waals surface area (Å²) in [6, 6.07) is 7.92. The van der Waals surface area contributed by atoms with Gasteiger partial charge in [-0.2, -0.15) is 5.10 Å². The summed E-state index contributed by atoms with van der Waals surface area (Å²) in [5.74, 6) is -0.810. The van der Waals surface area contributed by atoms with Crippen LogP contribution in [-0.2, 0) is 23.1 Å². The predicted molar refractivity (Wildman–Crippen MR) is 80.1 cm³/mol. The minimum atomic E-state index is -0.898. The molecule has 114 valence electrons. The van der Waals surface area contributed by atoms with Crippen molar-refractivity contribution in [2.24, 2.45) is 7.05 Å². The van der Waals surface area contributed by atoms with E-state index in [9.17, 15) is 9.59 Å². The van der Waals surface area contributed by atoms with Crippen LogP contribution in [0.3, 0.4) is 0 Å². The first-order valence-electron chi connectivity index (χ1n) is 7.17. The van der Waals surface area contributed by atoms with Gasteiger partial charge in [0, 0.05) is 25.2 Å². The van der Waals surface area contributed by atoms with Crippen LogP contribution in [-0.4, -0.2) is 26.8 Å². The van der Waals surface area contributed by atoms with Crippen molar-refractivity contribution in [1.29, 1.82) is 0 Å². The van der Waals surface area contributed by atoms with Crippen molar-refractivity contribution in [1.82, 2.24) is 15.1 Å². The van der Waals surface area contributed by atoms with E-state index in [1.807, 2.05) is 30.5 Å². The third-order valence-corrected chi connectivity index (χ3v) is 3.84. The van der Waals surface area contributed by atoms with E-state index in [1.54, 1.807) is 11.7 Å². The number of amides is 1. The summed E-state index contributed by atoms with van der Waals surface area (Å²) in [6.07, 6.45) is 3.11. The van der Waals surface area contributed by atoms with Crippen LogP contribution in [0.25, 0.3) is 11.1 Å². The molecule has 1 amide bonds. The van der Waals surface area contributed by atoms with Crippen LogP contribution in [0.4, 0.5) is 0 Å². The van der Waals surface area contributed by atoms with Crippen LogP contribution < -0.4 is 5.32 Å². The van der Waals surface area contributed by atoms with Gasteiger partial charge in [-0.25, -0.2) is 0 Å². The molecule has 1 aliphatic rings. The van der Waals surface area contributed by atoms with Crippen molar-refractivity contribution in [3.63, 3.8) is 0 Å². The van der Waals surface area contributed by atoms with E-state index in [1.165, 1.54) is 0 Å². The second-order valence-electron chi connectivity index (χ2n) is 5.51. The molecule has 0 bridgehead atoms. The van der Waals surface area contributed by atoms with Gasteiger partial charge in [-0.05, 0) is 17.5 Å². The Hall–Kier alpha value is -2.63. The quantitative estimate of drug-likeness (QED) is 0.899. The van der Waals surface area contributed by atoms with Gasteiger partial charge in [0.25, 0.3) is 0 Å². The Labute approximate surface area is 127 Å². The van der Waals surface area contributed by atoms with Crippen LogP contribution in [0, 0.1) is 0 Å². The normalized spacial score (nSPS) is 17.5. The fourth-order valence-electron chi connectivity index (χ4n) is 2.81. The predicted octanol–water partition coefficient (Wildman–Crippen LogP) is 1.67. The molecule has 0 saturated carbocycles. The number of benzene rings is 1. The van der Waals surface area contributed by atoms with E-state index in [-0.39, 0.29) is 18.4 Å². The molecule has 6 heteroatoms. The molecule has 3 rings (SSSR count). The lowest BCUT2D eigenvalue weighted by Gasteiger charge is -2.11. The highest BCUT2D eigenvalue weighted by Gasteiger charge is 2.22. The Morgan fingerprint density at radius 2 is 2.14 bits per heavy atom. The Balaban J connectivity index is 1.86. The first-order chi connectivity index (χ1) is 10.5. The summed E-state index contributed by atoms with van der Waals surface area (Å²) in [5, 5.41) is 16.1. The lowest BCUT2D eigenvalue weighted by molar-refractivity contribution is -0.136. The highest BCUT2D eigenvalue weighted by molar-refractivity contribution is 5.79. The van der Waals surface area contributed by atoms with Crippen molar-refractivity contribution < 1.29 is 14.7 Å². The van der Waals surface area contributed by atoms with Gasteiger partial charge >= 0.3 is 5.97 Å². The van der Waals surface area contributed by atoms with Crippen LogP contribution in [0.5, 0.6) is 0 Å². The van der Waals surface area contributed by atoms with Crippen LogP contribution in [0.2, 0.25) is 0 Å². The molecule has 0 spiro atoms. The van der Waals surface area contributed by atoms with Gasteiger partial charge in [0.1, 0.15) is 0 Å². The fraction of sp³-hybridized carbons (Fsp3) is 0.312. The largest absolute Gasteiger partial charge is 0.481 e. The summed E-state index contributed by atoms with van der Waals surface area (Å²) in [7, 11) is 1.78. The molecule has 1 aromatic heterocycles. The molecular formula is C16H17N3O3. The van der Waals surface area contributed by atoms with Gasteiger partial charge in [0.05, 0.1) is 18.2 Å². The molecule has 2 N–H and O–H groups in total. The van der Waals surface area contributed by atoms with Crippen LogP contribution in [0.1, 0.15) is 30.1 Å². The number of nitrogens with one attached hydrogen (secondary N) is 1. The highest BCUT2D eigenvalue weighted by Crippen LogP contribution is 2.28. The van der Waals surface area contributed by atoms with Gasteiger partial charge in [-0.1, -0.05) is 24.3 Å². The van der Waals surface area contributed by atoms with Crippen molar-refractivity contribution in [3.8, 4) is 11.1 Å². The van der Waals surface area contributed by atoms with Gasteiger partial charge in [-0.3, -0.25) is 14.3 Å². The first-order valence-corrected chi connectivity index (χ1v) is 7.17. The third-order valence-electron chi connectivity index (χ3n) is 3.84. The summed E-state index contributed by atoms with van der Waals surface area (Å²) < 4.78 is 1.62. The van der Waals surface area contributed by atoms with Gasteiger partial charge in [0.15, 0.2) is 0 Å². The molecule has 22 heavy (non-hydrogen) atoms. The average Bonchev–Trinajstić information content (AvgIpc) is 3.05. The van der Waals surface area contributed by atoms with Crippen molar-refractivity contribution in [3.05, 3.63) is 41.7 Å². The zero-order valence-corrected chi connectivity index (χ0v) is 12.2. The van der Waals surface area contributed by atoms with Crippen molar-refractivity contribution in [2.75, 3.05) is 0 Å². The molecule has 1 aromatic carbocycles. The number of aromatic nitrogens is 2. The molecule has 0 radical (unpaired) electrons. The second kappa shape index (κ2) is 5.63. The smallest absolute Gasteiger partial charge is 0.309 e. The molecule has 0 aliphatic carbocycles. The molecule has 1 atom stereocenters. The number of carbonyl (C=O) groups is 2. The summed E-state index contributed by atoms with van der Waals surface area (Å²) in [6.45, 7) is 0. The van der Waals surface area contributed by atoms with E-state index >= 15 is 0 Å². The number of aryl methyl sites for hydroxylation is 1. The number of hydrogen-bond acceptors (Lipinski definition) is 3. The molecule has 1 unspecified atom stereocenters. The minimum absolute atomic E-state index is 0.0777. The zero-order valence-electron chi connectivity index (χ0n) is 12.2. The minimum Gasteiger partial charge on any atom is -0.481 e.